The zero-order valence-corrected chi connectivity index (χ0v) is 18.7. The van der Waals surface area contributed by atoms with Crippen molar-refractivity contribution in [3.05, 3.63) is 53.1 Å². The lowest BCUT2D eigenvalue weighted by molar-refractivity contribution is 0.00788. The van der Waals surface area contributed by atoms with Crippen molar-refractivity contribution in [1.29, 1.82) is 0 Å². The molecular weight excluding hydrogens is 380 g/mol. The Kier molecular flexibility index (Phi) is 5.92. The van der Waals surface area contributed by atoms with E-state index in [0.29, 0.717) is 31.0 Å². The van der Waals surface area contributed by atoms with Gasteiger partial charge >= 0.3 is 6.09 Å². The van der Waals surface area contributed by atoms with Crippen LogP contribution in [0.1, 0.15) is 74.9 Å². The van der Waals surface area contributed by atoms with Gasteiger partial charge in [-0.05, 0) is 43.9 Å². The fraction of sp³-hybridized carbons (Fsp3) is 0.522. The molecule has 0 spiro atoms. The second-order valence-electron chi connectivity index (χ2n) is 9.88. The number of carbonyl (C=O) groups is 2. The topological polar surface area (TPSA) is 87.3 Å². The Morgan fingerprint density at radius 1 is 1.13 bits per heavy atom. The summed E-state index contributed by atoms with van der Waals surface area (Å²) in [5, 5.41) is 2.90. The third kappa shape index (κ3) is 5.40. The van der Waals surface area contributed by atoms with Crippen LogP contribution < -0.4 is 5.32 Å². The van der Waals surface area contributed by atoms with E-state index in [1.165, 1.54) is 5.56 Å². The van der Waals surface area contributed by atoms with E-state index in [0.717, 1.165) is 5.69 Å². The van der Waals surface area contributed by atoms with Gasteiger partial charge in [-0.3, -0.25) is 4.79 Å². The number of hydrogen-bond donors (Lipinski definition) is 2. The summed E-state index contributed by atoms with van der Waals surface area (Å²) in [6.45, 7) is 13.5. The monoisotopic (exact) mass is 412 g/mol. The van der Waals surface area contributed by atoms with E-state index in [2.05, 4.69) is 36.1 Å². The first-order valence-electron chi connectivity index (χ1n) is 10.3. The van der Waals surface area contributed by atoms with E-state index < -0.39 is 5.60 Å². The Balaban J connectivity index is 1.48. The van der Waals surface area contributed by atoms with E-state index in [1.54, 1.807) is 11.1 Å². The molecule has 30 heavy (non-hydrogen) atoms. The highest BCUT2D eigenvalue weighted by Gasteiger charge is 2.35. The van der Waals surface area contributed by atoms with Gasteiger partial charge in [0.05, 0.1) is 6.54 Å². The minimum Gasteiger partial charge on any atom is -0.444 e. The third-order valence-corrected chi connectivity index (χ3v) is 5.05. The molecule has 162 valence electrons. The number of aromatic nitrogens is 2. The molecule has 0 radical (unpaired) electrons. The van der Waals surface area contributed by atoms with Crippen molar-refractivity contribution in [1.82, 2.24) is 20.2 Å². The molecule has 1 aromatic heterocycles. The summed E-state index contributed by atoms with van der Waals surface area (Å²) >= 11 is 0. The van der Waals surface area contributed by atoms with E-state index >= 15 is 0 Å². The molecule has 0 aliphatic carbocycles. The number of nitrogens with one attached hydrogen (secondary N) is 2. The number of hydrogen-bond acceptors (Lipinski definition) is 4. The minimum absolute atomic E-state index is 0.0557. The molecule has 1 fully saturated rings. The molecule has 0 bridgehead atoms. The number of rotatable bonds is 4. The second-order valence-corrected chi connectivity index (χ2v) is 9.88. The highest BCUT2D eigenvalue weighted by Crippen LogP contribution is 2.27. The van der Waals surface area contributed by atoms with Gasteiger partial charge in [-0.15, -0.1) is 0 Å². The van der Waals surface area contributed by atoms with Crippen molar-refractivity contribution in [2.75, 3.05) is 13.1 Å². The van der Waals surface area contributed by atoms with Crippen molar-refractivity contribution in [2.45, 2.75) is 65.0 Å². The number of ether oxygens (including phenoxy) is 1. The van der Waals surface area contributed by atoms with E-state index in [9.17, 15) is 9.59 Å². The van der Waals surface area contributed by atoms with Crippen LogP contribution in [-0.4, -0.2) is 45.6 Å². The number of H-pyrrole nitrogens is 1. The van der Waals surface area contributed by atoms with Crippen molar-refractivity contribution in [3.63, 3.8) is 0 Å². The van der Waals surface area contributed by atoms with Crippen LogP contribution in [0, 0.1) is 0 Å². The van der Waals surface area contributed by atoms with Gasteiger partial charge < -0.3 is 19.9 Å². The Morgan fingerprint density at radius 3 is 2.33 bits per heavy atom. The average Bonchev–Trinajstić information content (AvgIpc) is 3.04. The Bertz CT molecular complexity index is 898. The first kappa shape index (κ1) is 21.9. The maximum Gasteiger partial charge on any atom is 0.410 e. The van der Waals surface area contributed by atoms with Gasteiger partial charge in [0.15, 0.2) is 0 Å². The fourth-order valence-electron chi connectivity index (χ4n) is 3.21. The van der Waals surface area contributed by atoms with E-state index in [4.69, 9.17) is 4.74 Å². The van der Waals surface area contributed by atoms with Crippen LogP contribution in [-0.2, 0) is 16.7 Å². The van der Waals surface area contributed by atoms with Gasteiger partial charge in [0.25, 0.3) is 5.91 Å². The van der Waals surface area contributed by atoms with Gasteiger partial charge in [-0.1, -0.05) is 32.9 Å². The highest BCUT2D eigenvalue weighted by molar-refractivity contribution is 5.94. The van der Waals surface area contributed by atoms with Crippen LogP contribution in [0.25, 0.3) is 0 Å². The summed E-state index contributed by atoms with van der Waals surface area (Å²) < 4.78 is 5.38. The van der Waals surface area contributed by atoms with Crippen molar-refractivity contribution in [3.8, 4) is 0 Å². The zero-order chi connectivity index (χ0) is 22.1. The molecule has 2 heterocycles. The molecule has 0 saturated carbocycles. The molecule has 2 aromatic rings. The minimum atomic E-state index is -0.491. The molecule has 0 atom stereocenters. The molecule has 1 aliphatic heterocycles. The smallest absolute Gasteiger partial charge is 0.410 e. The second kappa shape index (κ2) is 8.13. The SMILES string of the molecule is CC(C)(C)OC(=O)N1CC(c2cnc(CNC(=O)c3ccc(C(C)(C)C)cc3)[nH]2)C1. The van der Waals surface area contributed by atoms with Gasteiger partial charge in [-0.2, -0.15) is 0 Å². The van der Waals surface area contributed by atoms with E-state index in [1.807, 2.05) is 45.0 Å². The van der Waals surface area contributed by atoms with Crippen LogP contribution in [0.3, 0.4) is 0 Å². The van der Waals surface area contributed by atoms with Crippen molar-refractivity contribution < 1.29 is 14.3 Å². The largest absolute Gasteiger partial charge is 0.444 e. The first-order valence-corrected chi connectivity index (χ1v) is 10.3. The Morgan fingerprint density at radius 2 is 1.77 bits per heavy atom. The number of carbonyl (C=O) groups excluding carboxylic acids is 2. The lowest BCUT2D eigenvalue weighted by atomic mass is 9.87. The Hall–Kier alpha value is -2.83. The van der Waals surface area contributed by atoms with Crippen LogP contribution in [0.15, 0.2) is 30.5 Å². The molecule has 0 unspecified atom stereocenters. The predicted molar refractivity (Wildman–Crippen MR) is 115 cm³/mol. The summed E-state index contributed by atoms with van der Waals surface area (Å²) in [5.41, 5.74) is 2.35. The summed E-state index contributed by atoms with van der Waals surface area (Å²) in [6.07, 6.45) is 1.49. The van der Waals surface area contributed by atoms with Crippen molar-refractivity contribution >= 4 is 12.0 Å². The van der Waals surface area contributed by atoms with Gasteiger partial charge in [0, 0.05) is 36.5 Å². The number of aromatic amines is 1. The number of amides is 2. The fourth-order valence-corrected chi connectivity index (χ4v) is 3.21. The third-order valence-electron chi connectivity index (χ3n) is 5.05. The first-order chi connectivity index (χ1) is 13.9. The van der Waals surface area contributed by atoms with Gasteiger partial charge in [-0.25, -0.2) is 9.78 Å². The lowest BCUT2D eigenvalue weighted by Gasteiger charge is -2.39. The maximum atomic E-state index is 12.4. The molecule has 7 nitrogen and oxygen atoms in total. The molecule has 1 aliphatic rings. The standard InChI is InChI=1S/C23H32N4O3/c1-22(2,3)17-9-7-15(8-10-17)20(28)25-12-19-24-11-18(26-19)16-13-27(14-16)21(29)30-23(4,5)6/h7-11,16H,12-14H2,1-6H3,(H,24,26)(H,25,28). The average molecular weight is 413 g/mol. The number of nitrogens with zero attached hydrogens (tertiary/aromatic N) is 2. The van der Waals surface area contributed by atoms with Gasteiger partial charge in [0.1, 0.15) is 11.4 Å². The molecule has 7 heteroatoms. The summed E-state index contributed by atoms with van der Waals surface area (Å²) in [7, 11) is 0. The quantitative estimate of drug-likeness (QED) is 0.795. The van der Waals surface area contributed by atoms with Crippen LogP contribution in [0.2, 0.25) is 0 Å². The molecule has 3 rings (SSSR count). The summed E-state index contributed by atoms with van der Waals surface area (Å²) in [4.78, 5) is 33.7. The van der Waals surface area contributed by atoms with Gasteiger partial charge in [0.2, 0.25) is 0 Å². The van der Waals surface area contributed by atoms with Crippen LogP contribution >= 0.6 is 0 Å². The van der Waals surface area contributed by atoms with Crippen LogP contribution in [0.5, 0.6) is 0 Å². The summed E-state index contributed by atoms with van der Waals surface area (Å²) in [6, 6.07) is 7.69. The Labute approximate surface area is 178 Å². The van der Waals surface area contributed by atoms with E-state index in [-0.39, 0.29) is 23.3 Å². The maximum absolute atomic E-state index is 12.4. The van der Waals surface area contributed by atoms with Crippen molar-refractivity contribution in [2.24, 2.45) is 0 Å². The number of benzene rings is 1. The molecule has 2 amide bonds. The normalized spacial score (nSPS) is 14.9. The number of likely N-dealkylation sites (tertiary alicyclic amines) is 1. The lowest BCUT2D eigenvalue weighted by Crippen LogP contribution is -2.50. The molecule has 1 aromatic carbocycles. The molecule has 1 saturated heterocycles. The molecular formula is C23H32N4O3. The highest BCUT2D eigenvalue weighted by atomic mass is 16.6. The zero-order valence-electron chi connectivity index (χ0n) is 18.7. The molecule has 2 N–H and O–H groups in total. The summed E-state index contributed by atoms with van der Waals surface area (Å²) in [5.74, 6) is 0.771. The number of imidazole rings is 1. The predicted octanol–water partition coefficient (Wildman–Crippen LogP) is 3.97. The van der Waals surface area contributed by atoms with Crippen LogP contribution in [0.4, 0.5) is 4.79 Å².